The number of hydrogen-bond donors (Lipinski definition) is 3. The second-order valence-corrected chi connectivity index (χ2v) is 9.82. The van der Waals surface area contributed by atoms with Crippen LogP contribution in [-0.4, -0.2) is 84.4 Å². The van der Waals surface area contributed by atoms with Crippen molar-refractivity contribution in [1.29, 1.82) is 0 Å². The zero-order valence-electron chi connectivity index (χ0n) is 12.1. The van der Waals surface area contributed by atoms with E-state index in [0.29, 0.717) is 0 Å². The van der Waals surface area contributed by atoms with Crippen molar-refractivity contribution in [3.8, 4) is 0 Å². The van der Waals surface area contributed by atoms with Gasteiger partial charge in [0.2, 0.25) is 0 Å². The molecule has 0 radical (unpaired) electrons. The van der Waals surface area contributed by atoms with Gasteiger partial charge in [-0.25, -0.2) is 16.8 Å². The monoisotopic (exact) mass is 453 g/mol. The Bertz CT molecular complexity index is 743. The minimum Gasteiger partial charge on any atom is -0.748 e. The van der Waals surface area contributed by atoms with E-state index in [0.717, 1.165) is 0 Å². The van der Waals surface area contributed by atoms with E-state index in [-0.39, 0.29) is 59.1 Å². The molecule has 3 N–H and O–H groups in total. The van der Waals surface area contributed by atoms with Crippen LogP contribution in [0, 0.1) is 0 Å². The Hall–Kier alpha value is 1.56. The van der Waals surface area contributed by atoms with Crippen LogP contribution in [0.5, 0.6) is 0 Å². The first-order chi connectivity index (χ1) is 9.34. The van der Waals surface area contributed by atoms with Gasteiger partial charge in [-0.3, -0.25) is 9.11 Å². The molecule has 0 bridgehead atoms. The molecular formula is C4H9NNa2O13S4. The first-order valence-corrected chi connectivity index (χ1v) is 10.8. The first-order valence-electron chi connectivity index (χ1n) is 4.61. The summed E-state index contributed by atoms with van der Waals surface area (Å²) in [6, 6.07) is 0. The van der Waals surface area contributed by atoms with E-state index in [4.69, 9.17) is 9.11 Å². The van der Waals surface area contributed by atoms with Crippen molar-refractivity contribution >= 4 is 40.5 Å². The third-order valence-electron chi connectivity index (χ3n) is 1.97. The van der Waals surface area contributed by atoms with E-state index >= 15 is 0 Å². The summed E-state index contributed by atoms with van der Waals surface area (Å²) in [5, 5.41) is 1.76. The van der Waals surface area contributed by atoms with Crippen LogP contribution in [0.1, 0.15) is 0 Å². The number of nitrogens with zero attached hydrogens (tertiary/aromatic N) is 1. The molecule has 0 fully saturated rings. The largest absolute Gasteiger partial charge is 1.00 e. The molecular weight excluding hydrogens is 444 g/mol. The summed E-state index contributed by atoms with van der Waals surface area (Å²) in [5.74, 6) is -4.17. The van der Waals surface area contributed by atoms with Gasteiger partial charge in [0.15, 0.2) is 5.37 Å². The van der Waals surface area contributed by atoms with E-state index in [2.05, 4.69) is 0 Å². The number of hydroxylamine groups is 2. The maximum atomic E-state index is 10.9. The average molecular weight is 453 g/mol. The van der Waals surface area contributed by atoms with Crippen molar-refractivity contribution in [2.45, 2.75) is 10.7 Å². The summed E-state index contributed by atoms with van der Waals surface area (Å²) < 4.78 is 124. The SMILES string of the molecule is O=S(=O)([O-])CC(N(O)C(CS(=O)(=O)O)S(=O)(=O)O)S(=O)(=O)[O-].[Na+].[Na+]. The van der Waals surface area contributed by atoms with Gasteiger partial charge in [0.05, 0.1) is 15.9 Å². The maximum Gasteiger partial charge on any atom is 1.00 e. The summed E-state index contributed by atoms with van der Waals surface area (Å²) in [7, 11) is -22.2. The summed E-state index contributed by atoms with van der Waals surface area (Å²) in [6.07, 6.45) is 0. The minimum atomic E-state index is -5.86. The third-order valence-corrected chi connectivity index (χ3v) is 5.97. The van der Waals surface area contributed by atoms with Crippen molar-refractivity contribution in [3.63, 3.8) is 0 Å². The number of hydrogen-bond acceptors (Lipinski definition) is 12. The van der Waals surface area contributed by atoms with Gasteiger partial charge in [-0.15, -0.1) is 0 Å². The second-order valence-electron chi connectivity index (χ2n) is 3.77. The average Bonchev–Trinajstić information content (AvgIpc) is 2.16. The summed E-state index contributed by atoms with van der Waals surface area (Å²) in [4.78, 5) is 0. The molecule has 2 unspecified atom stereocenters. The third kappa shape index (κ3) is 12.0. The Labute approximate surface area is 182 Å². The molecule has 2 atom stereocenters. The molecule has 0 aliphatic rings. The molecule has 0 heterocycles. The molecule has 134 valence electrons. The standard InChI is InChI=1S/C4H11NO13S4.2Na/c6-5(3(21(13,14)15)1-19(7,8)9)4(22(16,17)18)2-20(10,11)12;;/h3-4,6H,1-2H2,(H,7,8,9)(H,10,11,12)(H,13,14,15)(H,16,17,18);;/q;2*+1/p-2. The summed E-state index contributed by atoms with van der Waals surface area (Å²) in [5.41, 5.74) is 0. The van der Waals surface area contributed by atoms with Gasteiger partial charge in [-0.1, -0.05) is 0 Å². The molecule has 0 saturated heterocycles. The molecule has 0 aromatic heterocycles. The van der Waals surface area contributed by atoms with Crippen molar-refractivity contribution in [2.24, 2.45) is 0 Å². The van der Waals surface area contributed by atoms with Gasteiger partial charge in [-0.05, 0) is 0 Å². The fraction of sp³-hybridized carbons (Fsp3) is 1.00. The predicted molar refractivity (Wildman–Crippen MR) is 63.4 cm³/mol. The van der Waals surface area contributed by atoms with Crippen molar-refractivity contribution in [2.75, 3.05) is 11.5 Å². The quantitative estimate of drug-likeness (QED) is 0.175. The smallest absolute Gasteiger partial charge is 0.748 e. The van der Waals surface area contributed by atoms with Crippen molar-refractivity contribution in [1.82, 2.24) is 5.06 Å². The van der Waals surface area contributed by atoms with E-state index < -0.39 is 67.8 Å². The molecule has 0 aliphatic heterocycles. The van der Waals surface area contributed by atoms with Crippen LogP contribution in [0.25, 0.3) is 0 Å². The van der Waals surface area contributed by atoms with Gasteiger partial charge in [0.1, 0.15) is 21.2 Å². The van der Waals surface area contributed by atoms with E-state index in [9.17, 15) is 48.0 Å². The normalized spacial score (nSPS) is 15.9. The predicted octanol–water partition coefficient (Wildman–Crippen LogP) is -9.80. The van der Waals surface area contributed by atoms with E-state index in [1.807, 2.05) is 0 Å². The zero-order chi connectivity index (χ0) is 18.1. The molecule has 0 aliphatic carbocycles. The molecule has 24 heavy (non-hydrogen) atoms. The van der Waals surface area contributed by atoms with Crippen LogP contribution in [0.15, 0.2) is 0 Å². The van der Waals surface area contributed by atoms with Gasteiger partial charge < -0.3 is 14.3 Å². The Balaban J connectivity index is -0.00000220. The van der Waals surface area contributed by atoms with E-state index in [1.54, 1.807) is 0 Å². The Morgan fingerprint density at radius 2 is 1.17 bits per heavy atom. The van der Waals surface area contributed by atoms with Crippen molar-refractivity contribution < 1.29 is 116 Å². The van der Waals surface area contributed by atoms with Crippen LogP contribution >= 0.6 is 0 Å². The molecule has 0 aromatic carbocycles. The Kier molecular flexibility index (Phi) is 12.9. The zero-order valence-corrected chi connectivity index (χ0v) is 19.3. The fourth-order valence-electron chi connectivity index (χ4n) is 1.13. The Morgan fingerprint density at radius 3 is 1.38 bits per heavy atom. The van der Waals surface area contributed by atoms with Crippen LogP contribution in [0.4, 0.5) is 0 Å². The molecule has 0 saturated carbocycles. The molecule has 0 spiro atoms. The maximum absolute atomic E-state index is 10.9. The van der Waals surface area contributed by atoms with E-state index in [1.165, 1.54) is 0 Å². The second kappa shape index (κ2) is 10.2. The molecule has 0 aromatic rings. The summed E-state index contributed by atoms with van der Waals surface area (Å²) >= 11 is 0. The number of rotatable bonds is 8. The molecule has 20 heteroatoms. The molecule has 0 rings (SSSR count). The van der Waals surface area contributed by atoms with Gasteiger partial charge in [0, 0.05) is 0 Å². The summed E-state index contributed by atoms with van der Waals surface area (Å²) in [6.45, 7) is 0. The molecule has 14 nitrogen and oxygen atoms in total. The van der Waals surface area contributed by atoms with Gasteiger partial charge in [0.25, 0.3) is 20.2 Å². The first kappa shape index (κ1) is 30.3. The van der Waals surface area contributed by atoms with Crippen molar-refractivity contribution in [3.05, 3.63) is 0 Å². The van der Waals surface area contributed by atoms with Crippen LogP contribution < -0.4 is 59.1 Å². The van der Waals surface area contributed by atoms with Crippen LogP contribution in [0.3, 0.4) is 0 Å². The van der Waals surface area contributed by atoms with Gasteiger partial charge in [-0.2, -0.15) is 21.9 Å². The minimum absolute atomic E-state index is 0. The Morgan fingerprint density at radius 1 is 0.792 bits per heavy atom. The van der Waals surface area contributed by atoms with Crippen LogP contribution in [-0.2, 0) is 40.5 Å². The molecule has 0 amide bonds. The van der Waals surface area contributed by atoms with Crippen LogP contribution in [0.2, 0.25) is 0 Å². The topological polar surface area (TPSA) is 247 Å². The van der Waals surface area contributed by atoms with Gasteiger partial charge >= 0.3 is 59.1 Å². The fourth-order valence-corrected chi connectivity index (χ4v) is 5.42.